The summed E-state index contributed by atoms with van der Waals surface area (Å²) in [4.78, 5) is 0. The summed E-state index contributed by atoms with van der Waals surface area (Å²) in [6.07, 6.45) is 1.15. The molecular weight excluding hydrogens is 148 g/mol. The molecule has 1 aromatic rings. The highest BCUT2D eigenvalue weighted by Gasteiger charge is 2.13. The van der Waals surface area contributed by atoms with Crippen LogP contribution < -0.4 is 11.1 Å². The Hall–Kier alpha value is -1.18. The van der Waals surface area contributed by atoms with Crippen molar-refractivity contribution in [1.29, 1.82) is 0 Å². The van der Waals surface area contributed by atoms with Crippen molar-refractivity contribution in [3.63, 3.8) is 0 Å². The smallest absolute Gasteiger partial charge is 0.0374 e. The third-order valence-electron chi connectivity index (χ3n) is 2.34. The van der Waals surface area contributed by atoms with E-state index in [1.807, 2.05) is 6.07 Å². The Labute approximate surface area is 72.8 Å². The standard InChI is InChI=1S/C10H14N2/c1-7-4-8-5-9(11)2-3-10(8)12-6-7/h2-3,5,7,12H,4,6,11H2,1H3. The molecule has 1 aliphatic rings. The second-order valence-electron chi connectivity index (χ2n) is 3.61. The van der Waals surface area contributed by atoms with Gasteiger partial charge in [-0.05, 0) is 36.1 Å². The van der Waals surface area contributed by atoms with Crippen molar-refractivity contribution >= 4 is 11.4 Å². The highest BCUT2D eigenvalue weighted by Crippen LogP contribution is 2.25. The van der Waals surface area contributed by atoms with E-state index in [2.05, 4.69) is 24.4 Å². The van der Waals surface area contributed by atoms with Crippen LogP contribution in [0.1, 0.15) is 12.5 Å². The molecule has 0 spiro atoms. The number of hydrogen-bond donors (Lipinski definition) is 2. The lowest BCUT2D eigenvalue weighted by Gasteiger charge is -2.23. The van der Waals surface area contributed by atoms with Gasteiger partial charge < -0.3 is 11.1 Å². The third-order valence-corrected chi connectivity index (χ3v) is 2.34. The van der Waals surface area contributed by atoms with Gasteiger partial charge in [0, 0.05) is 17.9 Å². The molecule has 3 N–H and O–H groups in total. The average molecular weight is 162 g/mol. The van der Waals surface area contributed by atoms with E-state index in [1.54, 1.807) is 0 Å². The van der Waals surface area contributed by atoms with Crippen LogP contribution >= 0.6 is 0 Å². The van der Waals surface area contributed by atoms with Crippen LogP contribution in [0.15, 0.2) is 18.2 Å². The Kier molecular flexibility index (Phi) is 1.68. The monoisotopic (exact) mass is 162 g/mol. The zero-order chi connectivity index (χ0) is 8.55. The first-order valence-electron chi connectivity index (χ1n) is 4.38. The minimum atomic E-state index is 0.722. The number of benzene rings is 1. The maximum absolute atomic E-state index is 5.70. The lowest BCUT2D eigenvalue weighted by molar-refractivity contribution is 0.595. The van der Waals surface area contributed by atoms with Gasteiger partial charge in [-0.3, -0.25) is 0 Å². The van der Waals surface area contributed by atoms with Crippen molar-refractivity contribution in [2.24, 2.45) is 5.92 Å². The highest BCUT2D eigenvalue weighted by molar-refractivity contribution is 5.59. The molecule has 2 heteroatoms. The summed E-state index contributed by atoms with van der Waals surface area (Å²) in [5.74, 6) is 0.722. The van der Waals surface area contributed by atoms with Crippen molar-refractivity contribution in [3.05, 3.63) is 23.8 Å². The van der Waals surface area contributed by atoms with Crippen molar-refractivity contribution in [1.82, 2.24) is 0 Å². The van der Waals surface area contributed by atoms with Crippen molar-refractivity contribution in [3.8, 4) is 0 Å². The first kappa shape index (κ1) is 7.47. The van der Waals surface area contributed by atoms with Crippen LogP contribution in [0.5, 0.6) is 0 Å². The van der Waals surface area contributed by atoms with E-state index in [0.717, 1.165) is 24.6 Å². The van der Waals surface area contributed by atoms with E-state index in [4.69, 9.17) is 5.73 Å². The molecule has 0 saturated carbocycles. The zero-order valence-corrected chi connectivity index (χ0v) is 7.30. The molecule has 1 aliphatic heterocycles. The molecule has 0 aromatic heterocycles. The predicted octanol–water partition coefficient (Wildman–Crippen LogP) is 1.87. The first-order chi connectivity index (χ1) is 5.75. The van der Waals surface area contributed by atoms with Gasteiger partial charge in [-0.15, -0.1) is 0 Å². The molecule has 1 aromatic carbocycles. The van der Waals surface area contributed by atoms with Crippen molar-refractivity contribution < 1.29 is 0 Å². The van der Waals surface area contributed by atoms with E-state index >= 15 is 0 Å². The molecule has 2 rings (SSSR count). The van der Waals surface area contributed by atoms with Crippen molar-refractivity contribution in [2.45, 2.75) is 13.3 Å². The van der Waals surface area contributed by atoms with E-state index < -0.39 is 0 Å². The van der Waals surface area contributed by atoms with Crippen LogP contribution in [0.4, 0.5) is 11.4 Å². The summed E-state index contributed by atoms with van der Waals surface area (Å²) in [5, 5.41) is 3.38. The average Bonchev–Trinajstić information content (AvgIpc) is 2.03. The van der Waals surface area contributed by atoms with E-state index in [-0.39, 0.29) is 0 Å². The first-order valence-corrected chi connectivity index (χ1v) is 4.38. The summed E-state index contributed by atoms with van der Waals surface area (Å²) in [6.45, 7) is 3.33. The highest BCUT2D eigenvalue weighted by atomic mass is 14.9. The number of fused-ring (bicyclic) bond motifs is 1. The van der Waals surface area contributed by atoms with Crippen LogP contribution in [-0.4, -0.2) is 6.54 Å². The maximum Gasteiger partial charge on any atom is 0.0374 e. The largest absolute Gasteiger partial charge is 0.399 e. The number of rotatable bonds is 0. The quantitative estimate of drug-likeness (QED) is 0.571. The van der Waals surface area contributed by atoms with Gasteiger partial charge in [0.2, 0.25) is 0 Å². The minimum absolute atomic E-state index is 0.722. The molecule has 2 nitrogen and oxygen atoms in total. The van der Waals surface area contributed by atoms with Crippen LogP contribution in [0.25, 0.3) is 0 Å². The molecule has 1 atom stereocenters. The number of anilines is 2. The lowest BCUT2D eigenvalue weighted by atomic mass is 9.95. The van der Waals surface area contributed by atoms with Crippen molar-refractivity contribution in [2.75, 3.05) is 17.6 Å². The van der Waals surface area contributed by atoms with Gasteiger partial charge in [0.15, 0.2) is 0 Å². The number of nitrogens with two attached hydrogens (primary N) is 1. The van der Waals surface area contributed by atoms with Gasteiger partial charge in [-0.2, -0.15) is 0 Å². The van der Waals surface area contributed by atoms with Crippen LogP contribution in [0.2, 0.25) is 0 Å². The maximum atomic E-state index is 5.70. The molecule has 0 bridgehead atoms. The molecular formula is C10H14N2. The third kappa shape index (κ3) is 1.24. The van der Waals surface area contributed by atoms with E-state index in [0.29, 0.717) is 0 Å². The molecule has 0 aliphatic carbocycles. The minimum Gasteiger partial charge on any atom is -0.399 e. The van der Waals surface area contributed by atoms with E-state index in [9.17, 15) is 0 Å². The van der Waals surface area contributed by atoms with Gasteiger partial charge in [0.1, 0.15) is 0 Å². The lowest BCUT2D eigenvalue weighted by Crippen LogP contribution is -2.20. The van der Waals surface area contributed by atoms with Gasteiger partial charge in [0.05, 0.1) is 0 Å². The normalized spacial score (nSPS) is 21.2. The topological polar surface area (TPSA) is 38.0 Å². The fraction of sp³-hybridized carbons (Fsp3) is 0.400. The van der Waals surface area contributed by atoms with E-state index in [1.165, 1.54) is 11.3 Å². The summed E-state index contributed by atoms with van der Waals surface area (Å²) < 4.78 is 0. The second kappa shape index (κ2) is 2.70. The van der Waals surface area contributed by atoms with Crippen LogP contribution in [-0.2, 0) is 6.42 Å². The molecule has 1 unspecified atom stereocenters. The predicted molar refractivity (Wildman–Crippen MR) is 52.2 cm³/mol. The fourth-order valence-corrected chi connectivity index (χ4v) is 1.69. The molecule has 1 heterocycles. The Balaban J connectivity index is 2.37. The molecule has 0 saturated heterocycles. The summed E-state index contributed by atoms with van der Waals surface area (Å²) in [7, 11) is 0. The van der Waals surface area contributed by atoms with Gasteiger partial charge in [-0.1, -0.05) is 6.92 Å². The number of hydrogen-bond acceptors (Lipinski definition) is 2. The number of nitrogen functional groups attached to an aromatic ring is 1. The summed E-state index contributed by atoms with van der Waals surface area (Å²) in [6, 6.07) is 6.08. The molecule has 0 amide bonds. The zero-order valence-electron chi connectivity index (χ0n) is 7.30. The molecule has 0 fully saturated rings. The number of nitrogens with one attached hydrogen (secondary N) is 1. The van der Waals surface area contributed by atoms with Gasteiger partial charge in [0.25, 0.3) is 0 Å². The van der Waals surface area contributed by atoms with Gasteiger partial charge >= 0.3 is 0 Å². The second-order valence-corrected chi connectivity index (χ2v) is 3.61. The summed E-state index contributed by atoms with van der Waals surface area (Å²) in [5.41, 5.74) is 9.17. The SMILES string of the molecule is CC1CNc2ccc(N)cc2C1. The molecule has 64 valence electrons. The Morgan fingerprint density at radius 1 is 1.50 bits per heavy atom. The van der Waals surface area contributed by atoms with Crippen LogP contribution in [0, 0.1) is 5.92 Å². The van der Waals surface area contributed by atoms with Crippen LogP contribution in [0.3, 0.4) is 0 Å². The fourth-order valence-electron chi connectivity index (χ4n) is 1.69. The molecule has 0 radical (unpaired) electrons. The Bertz CT molecular complexity index is 294. The Morgan fingerprint density at radius 3 is 3.17 bits per heavy atom. The summed E-state index contributed by atoms with van der Waals surface area (Å²) >= 11 is 0. The molecule has 12 heavy (non-hydrogen) atoms. The van der Waals surface area contributed by atoms with Gasteiger partial charge in [-0.25, -0.2) is 0 Å². The Morgan fingerprint density at radius 2 is 2.33 bits per heavy atom.